The van der Waals surface area contributed by atoms with Gasteiger partial charge in [-0.15, -0.1) is 0 Å². The molecule has 0 spiro atoms. The normalized spacial score (nSPS) is 13.7. The minimum Gasteiger partial charge on any atom is -0.328 e. The van der Waals surface area contributed by atoms with Gasteiger partial charge in [0.1, 0.15) is 5.69 Å². The fraction of sp³-hybridized carbons (Fsp3) is 0.125. The highest BCUT2D eigenvalue weighted by Crippen LogP contribution is 2.36. The van der Waals surface area contributed by atoms with E-state index in [-0.39, 0.29) is 12.2 Å². The van der Waals surface area contributed by atoms with Gasteiger partial charge in [-0.3, -0.25) is 9.78 Å². The number of alkyl halides is 2. The highest BCUT2D eigenvalue weighted by molar-refractivity contribution is 6.04. The number of rotatable bonds is 4. The molecule has 3 heterocycles. The van der Waals surface area contributed by atoms with Crippen LogP contribution < -0.4 is 0 Å². The Labute approximate surface area is 171 Å². The van der Waals surface area contributed by atoms with Crippen molar-refractivity contribution in [2.24, 2.45) is 0 Å². The number of hydrogen-bond donors (Lipinski definition) is 0. The average Bonchev–Trinajstić information content (AvgIpc) is 3.09. The second-order valence-electron chi connectivity index (χ2n) is 7.33. The summed E-state index contributed by atoms with van der Waals surface area (Å²) in [4.78, 5) is 22.4. The van der Waals surface area contributed by atoms with Crippen molar-refractivity contribution in [1.29, 1.82) is 0 Å². The fourth-order valence-electron chi connectivity index (χ4n) is 3.91. The number of pyridine rings is 2. The van der Waals surface area contributed by atoms with Gasteiger partial charge in [0.05, 0.1) is 17.6 Å². The van der Waals surface area contributed by atoms with E-state index in [4.69, 9.17) is 0 Å². The van der Waals surface area contributed by atoms with Crippen LogP contribution >= 0.6 is 0 Å². The number of halogens is 2. The summed E-state index contributed by atoms with van der Waals surface area (Å²) in [5.41, 5.74) is 2.96. The van der Waals surface area contributed by atoms with Gasteiger partial charge >= 0.3 is 5.92 Å². The fourth-order valence-corrected chi connectivity index (χ4v) is 3.91. The molecular weight excluding hydrogens is 384 g/mol. The van der Waals surface area contributed by atoms with Crippen LogP contribution in [-0.2, 0) is 12.5 Å². The topological polar surface area (TPSA) is 46.1 Å². The third-order valence-corrected chi connectivity index (χ3v) is 5.37. The molecule has 0 bridgehead atoms. The van der Waals surface area contributed by atoms with Crippen LogP contribution in [0, 0.1) is 0 Å². The summed E-state index contributed by atoms with van der Waals surface area (Å²) in [5, 5.41) is 0.795. The summed E-state index contributed by atoms with van der Waals surface area (Å²) >= 11 is 0. The van der Waals surface area contributed by atoms with Crippen LogP contribution in [0.5, 0.6) is 0 Å². The van der Waals surface area contributed by atoms with Gasteiger partial charge in [0, 0.05) is 24.3 Å². The molecule has 5 rings (SSSR count). The highest BCUT2D eigenvalue weighted by atomic mass is 19.3. The number of aromatic nitrogens is 2. The molecule has 0 unspecified atom stereocenters. The molecule has 0 fully saturated rings. The van der Waals surface area contributed by atoms with Crippen LogP contribution in [0.25, 0.3) is 22.0 Å². The second kappa shape index (κ2) is 6.99. The van der Waals surface area contributed by atoms with Crippen molar-refractivity contribution in [1.82, 2.24) is 14.9 Å². The number of nitrogens with zero attached hydrogens (tertiary/aromatic N) is 3. The van der Waals surface area contributed by atoms with E-state index in [9.17, 15) is 4.79 Å². The van der Waals surface area contributed by atoms with Crippen molar-refractivity contribution in [2.45, 2.75) is 12.5 Å². The molecule has 0 saturated heterocycles. The first-order chi connectivity index (χ1) is 14.5. The zero-order valence-electron chi connectivity index (χ0n) is 15.9. The lowest BCUT2D eigenvalue weighted by molar-refractivity contribution is -0.0359. The van der Waals surface area contributed by atoms with E-state index in [1.807, 2.05) is 30.3 Å². The van der Waals surface area contributed by atoms with Gasteiger partial charge in [0.2, 0.25) is 0 Å². The SMILES string of the molecule is O=C1c2c(cccc2-c2ccncc2)CN1CC(F)(F)c1ccc2ccccc2n1. The minimum absolute atomic E-state index is 0.149. The first-order valence-electron chi connectivity index (χ1n) is 9.58. The molecule has 1 aliphatic heterocycles. The molecule has 1 aliphatic rings. The van der Waals surface area contributed by atoms with E-state index >= 15 is 8.78 Å². The largest absolute Gasteiger partial charge is 0.328 e. The summed E-state index contributed by atoms with van der Waals surface area (Å²) in [6.45, 7) is -0.572. The summed E-state index contributed by atoms with van der Waals surface area (Å²) < 4.78 is 30.2. The molecule has 0 aliphatic carbocycles. The molecule has 0 N–H and O–H groups in total. The Morgan fingerprint density at radius 3 is 2.57 bits per heavy atom. The molecule has 2 aromatic heterocycles. The monoisotopic (exact) mass is 401 g/mol. The van der Waals surface area contributed by atoms with Gasteiger partial charge in [0.15, 0.2) is 0 Å². The predicted molar refractivity (Wildman–Crippen MR) is 110 cm³/mol. The molecule has 4 aromatic rings. The predicted octanol–water partition coefficient (Wildman–Crippen LogP) is 5.04. The molecule has 2 aromatic carbocycles. The number of carbonyl (C=O) groups excluding carboxylic acids is 1. The quantitative estimate of drug-likeness (QED) is 0.481. The van der Waals surface area contributed by atoms with E-state index in [1.54, 1.807) is 42.7 Å². The molecule has 0 radical (unpaired) electrons. The van der Waals surface area contributed by atoms with Crippen molar-refractivity contribution >= 4 is 16.8 Å². The van der Waals surface area contributed by atoms with Crippen molar-refractivity contribution in [3.05, 3.63) is 95.9 Å². The van der Waals surface area contributed by atoms with Gasteiger partial charge < -0.3 is 4.90 Å². The Morgan fingerprint density at radius 1 is 0.933 bits per heavy atom. The van der Waals surface area contributed by atoms with Crippen LogP contribution in [0.3, 0.4) is 0 Å². The molecule has 0 saturated carbocycles. The van der Waals surface area contributed by atoms with Crippen molar-refractivity contribution < 1.29 is 13.6 Å². The molecule has 1 amide bonds. The van der Waals surface area contributed by atoms with E-state index < -0.39 is 18.4 Å². The minimum atomic E-state index is -3.27. The van der Waals surface area contributed by atoms with E-state index in [2.05, 4.69) is 9.97 Å². The highest BCUT2D eigenvalue weighted by Gasteiger charge is 2.41. The zero-order valence-corrected chi connectivity index (χ0v) is 15.9. The summed E-state index contributed by atoms with van der Waals surface area (Å²) in [6.07, 6.45) is 3.29. The maximum absolute atomic E-state index is 15.1. The van der Waals surface area contributed by atoms with E-state index in [1.165, 1.54) is 11.0 Å². The maximum Gasteiger partial charge on any atom is 0.306 e. The lowest BCUT2D eigenvalue weighted by Gasteiger charge is -2.23. The Bertz CT molecular complexity index is 1260. The number of amides is 1. The second-order valence-corrected chi connectivity index (χ2v) is 7.33. The summed E-state index contributed by atoms with van der Waals surface area (Å²) in [7, 11) is 0. The van der Waals surface area contributed by atoms with Gasteiger partial charge in [-0.2, -0.15) is 8.78 Å². The van der Waals surface area contributed by atoms with Crippen molar-refractivity contribution in [2.75, 3.05) is 6.54 Å². The van der Waals surface area contributed by atoms with Gasteiger partial charge in [0.25, 0.3) is 5.91 Å². The average molecular weight is 401 g/mol. The van der Waals surface area contributed by atoms with Crippen molar-refractivity contribution in [3.63, 3.8) is 0 Å². The smallest absolute Gasteiger partial charge is 0.306 e. The number of hydrogen-bond acceptors (Lipinski definition) is 3. The third-order valence-electron chi connectivity index (χ3n) is 5.37. The molecule has 148 valence electrons. The van der Waals surface area contributed by atoms with Gasteiger partial charge in [-0.1, -0.05) is 42.5 Å². The van der Waals surface area contributed by atoms with E-state index in [0.29, 0.717) is 11.1 Å². The lowest BCUT2D eigenvalue weighted by atomic mass is 9.97. The summed E-state index contributed by atoms with van der Waals surface area (Å²) in [6, 6.07) is 19.2. The molecule has 6 heteroatoms. The zero-order chi connectivity index (χ0) is 20.7. The van der Waals surface area contributed by atoms with Crippen LogP contribution in [-0.4, -0.2) is 27.3 Å². The number of para-hydroxylation sites is 1. The molecule has 30 heavy (non-hydrogen) atoms. The van der Waals surface area contributed by atoms with Gasteiger partial charge in [-0.05, 0) is 41.0 Å². The first kappa shape index (κ1) is 18.4. The summed E-state index contributed by atoms with van der Waals surface area (Å²) in [5.74, 6) is -3.66. The standard InChI is InChI=1S/C24H17F2N3O/c25-24(26,21-9-8-17-4-1-2-7-20(17)28-21)15-29-14-18-5-3-6-19(22(18)23(29)30)16-10-12-27-13-11-16/h1-13H,14-15H2. The maximum atomic E-state index is 15.1. The van der Waals surface area contributed by atoms with Gasteiger partial charge in [-0.25, -0.2) is 4.98 Å². The number of benzene rings is 2. The Balaban J connectivity index is 1.46. The van der Waals surface area contributed by atoms with Crippen LogP contribution in [0.2, 0.25) is 0 Å². The molecular formula is C24H17F2N3O. The van der Waals surface area contributed by atoms with Crippen LogP contribution in [0.4, 0.5) is 8.78 Å². The van der Waals surface area contributed by atoms with E-state index in [0.717, 1.165) is 22.1 Å². The Kier molecular flexibility index (Phi) is 4.28. The molecule has 4 nitrogen and oxygen atoms in total. The Morgan fingerprint density at radius 2 is 1.73 bits per heavy atom. The Hall–Kier alpha value is -3.67. The lowest BCUT2D eigenvalue weighted by Crippen LogP contribution is -2.36. The molecule has 0 atom stereocenters. The van der Waals surface area contributed by atoms with Crippen molar-refractivity contribution in [3.8, 4) is 11.1 Å². The number of carbonyl (C=O) groups is 1. The third kappa shape index (κ3) is 3.10. The number of fused-ring (bicyclic) bond motifs is 2. The van der Waals surface area contributed by atoms with Crippen LogP contribution in [0.1, 0.15) is 21.6 Å². The van der Waals surface area contributed by atoms with Crippen LogP contribution in [0.15, 0.2) is 79.1 Å². The first-order valence-corrected chi connectivity index (χ1v) is 9.58.